The Morgan fingerprint density at radius 2 is 1.73 bits per heavy atom. The molecule has 0 spiro atoms. The number of carbonyl (C=O) groups is 1. The van der Waals surface area contributed by atoms with Gasteiger partial charge in [-0.1, -0.05) is 55.5 Å². The zero-order chi connectivity index (χ0) is 15.2. The summed E-state index contributed by atoms with van der Waals surface area (Å²) in [4.78, 5) is 12.3. The third-order valence-electron chi connectivity index (χ3n) is 4.19. The van der Waals surface area contributed by atoms with Gasteiger partial charge < -0.3 is 5.32 Å². The summed E-state index contributed by atoms with van der Waals surface area (Å²) in [5, 5.41) is 11.2. The number of rotatable bonds is 3. The first-order chi connectivity index (χ1) is 10.8. The van der Waals surface area contributed by atoms with E-state index in [1.54, 1.807) is 10.9 Å². The molecule has 1 heterocycles. The Labute approximate surface area is 130 Å². The summed E-state index contributed by atoms with van der Waals surface area (Å²) >= 11 is 0. The SMILES string of the molecule is O=C(NC1CCCCCCC1)c1cn(-c2ccccc2)nn1. The first kappa shape index (κ1) is 14.8. The van der Waals surface area contributed by atoms with Crippen molar-refractivity contribution in [3.63, 3.8) is 0 Å². The molecule has 1 saturated carbocycles. The molecule has 1 aromatic heterocycles. The topological polar surface area (TPSA) is 59.8 Å². The standard InChI is InChI=1S/C17H22N4O/c22-17(18-14-9-5-2-1-3-6-10-14)16-13-21(20-19-16)15-11-7-4-8-12-15/h4,7-8,11-14H,1-3,5-6,9-10H2,(H,18,22). The van der Waals surface area contributed by atoms with Crippen LogP contribution in [0.5, 0.6) is 0 Å². The van der Waals surface area contributed by atoms with Crippen molar-refractivity contribution in [2.75, 3.05) is 0 Å². The molecule has 1 N–H and O–H groups in total. The van der Waals surface area contributed by atoms with E-state index in [1.165, 1.54) is 32.1 Å². The molecule has 116 valence electrons. The fraction of sp³-hybridized carbons (Fsp3) is 0.471. The van der Waals surface area contributed by atoms with E-state index in [9.17, 15) is 4.79 Å². The Kier molecular flexibility index (Phi) is 4.83. The Balaban J connectivity index is 1.64. The average Bonchev–Trinajstić information content (AvgIpc) is 3.01. The summed E-state index contributed by atoms with van der Waals surface area (Å²) in [7, 11) is 0. The quantitative estimate of drug-likeness (QED) is 0.947. The van der Waals surface area contributed by atoms with Crippen LogP contribution in [0.1, 0.15) is 55.4 Å². The number of aromatic nitrogens is 3. The number of nitrogens with one attached hydrogen (secondary N) is 1. The van der Waals surface area contributed by atoms with Crippen LogP contribution in [0.15, 0.2) is 36.5 Å². The first-order valence-electron chi connectivity index (χ1n) is 8.11. The van der Waals surface area contributed by atoms with Crippen molar-refractivity contribution in [3.05, 3.63) is 42.2 Å². The Bertz CT molecular complexity index is 600. The number of carbonyl (C=O) groups excluding carboxylic acids is 1. The minimum absolute atomic E-state index is 0.118. The second-order valence-corrected chi connectivity index (χ2v) is 5.90. The molecule has 22 heavy (non-hydrogen) atoms. The van der Waals surface area contributed by atoms with Crippen molar-refractivity contribution >= 4 is 5.91 Å². The minimum atomic E-state index is -0.118. The third kappa shape index (κ3) is 3.72. The summed E-state index contributed by atoms with van der Waals surface area (Å²) in [6.45, 7) is 0. The average molecular weight is 298 g/mol. The van der Waals surface area contributed by atoms with Gasteiger partial charge in [-0.05, 0) is 25.0 Å². The van der Waals surface area contributed by atoms with Gasteiger partial charge in [0, 0.05) is 6.04 Å². The maximum atomic E-state index is 12.3. The number of para-hydroxylation sites is 1. The van der Waals surface area contributed by atoms with Crippen molar-refractivity contribution < 1.29 is 4.79 Å². The van der Waals surface area contributed by atoms with Crippen LogP contribution in [0.4, 0.5) is 0 Å². The summed E-state index contributed by atoms with van der Waals surface area (Å²) in [5.41, 5.74) is 1.28. The predicted molar refractivity (Wildman–Crippen MR) is 84.9 cm³/mol. The van der Waals surface area contributed by atoms with Crippen LogP contribution < -0.4 is 5.32 Å². The maximum absolute atomic E-state index is 12.3. The Hall–Kier alpha value is -2.17. The van der Waals surface area contributed by atoms with Gasteiger partial charge in [0.15, 0.2) is 5.69 Å². The van der Waals surface area contributed by atoms with Gasteiger partial charge in [-0.15, -0.1) is 5.10 Å². The molecule has 5 nitrogen and oxygen atoms in total. The lowest BCUT2D eigenvalue weighted by Gasteiger charge is -2.20. The molecule has 3 rings (SSSR count). The van der Waals surface area contributed by atoms with E-state index < -0.39 is 0 Å². The number of benzene rings is 1. The van der Waals surface area contributed by atoms with E-state index in [-0.39, 0.29) is 11.9 Å². The van der Waals surface area contributed by atoms with E-state index in [1.807, 2.05) is 30.3 Å². The maximum Gasteiger partial charge on any atom is 0.273 e. The Morgan fingerprint density at radius 3 is 2.45 bits per heavy atom. The summed E-state index contributed by atoms with van der Waals surface area (Å²) in [6.07, 6.45) is 10.1. The number of hydrogen-bond acceptors (Lipinski definition) is 3. The van der Waals surface area contributed by atoms with Crippen molar-refractivity contribution in [1.82, 2.24) is 20.3 Å². The van der Waals surface area contributed by atoms with Crippen LogP contribution in [-0.4, -0.2) is 26.9 Å². The highest BCUT2D eigenvalue weighted by Crippen LogP contribution is 2.17. The van der Waals surface area contributed by atoms with Crippen molar-refractivity contribution in [1.29, 1.82) is 0 Å². The minimum Gasteiger partial charge on any atom is -0.348 e. The summed E-state index contributed by atoms with van der Waals surface area (Å²) in [5.74, 6) is -0.118. The fourth-order valence-corrected chi connectivity index (χ4v) is 2.93. The molecule has 0 unspecified atom stereocenters. The molecule has 1 amide bonds. The van der Waals surface area contributed by atoms with Gasteiger partial charge in [-0.2, -0.15) is 0 Å². The lowest BCUT2D eigenvalue weighted by molar-refractivity contribution is 0.0925. The van der Waals surface area contributed by atoms with Gasteiger partial charge in [0.25, 0.3) is 5.91 Å². The fourth-order valence-electron chi connectivity index (χ4n) is 2.93. The normalized spacial score (nSPS) is 16.7. The van der Waals surface area contributed by atoms with Gasteiger partial charge in [-0.3, -0.25) is 4.79 Å². The van der Waals surface area contributed by atoms with E-state index in [0.29, 0.717) is 5.69 Å². The predicted octanol–water partition coefficient (Wildman–Crippen LogP) is 3.11. The van der Waals surface area contributed by atoms with Gasteiger partial charge in [0.1, 0.15) is 0 Å². The number of nitrogens with zero attached hydrogens (tertiary/aromatic N) is 3. The largest absolute Gasteiger partial charge is 0.348 e. The van der Waals surface area contributed by atoms with Crippen LogP contribution >= 0.6 is 0 Å². The first-order valence-corrected chi connectivity index (χ1v) is 8.11. The highest BCUT2D eigenvalue weighted by atomic mass is 16.2. The molecule has 2 aromatic rings. The molecule has 0 bridgehead atoms. The van der Waals surface area contributed by atoms with Gasteiger partial charge in [0.05, 0.1) is 11.9 Å². The Morgan fingerprint density at radius 1 is 1.05 bits per heavy atom. The summed E-state index contributed by atoms with van der Waals surface area (Å²) in [6, 6.07) is 9.96. The molecular weight excluding hydrogens is 276 g/mol. The molecule has 0 aliphatic heterocycles. The van der Waals surface area contributed by atoms with E-state index in [0.717, 1.165) is 18.5 Å². The molecular formula is C17H22N4O. The number of hydrogen-bond donors (Lipinski definition) is 1. The third-order valence-corrected chi connectivity index (χ3v) is 4.19. The summed E-state index contributed by atoms with van der Waals surface area (Å²) < 4.78 is 1.63. The lowest BCUT2D eigenvalue weighted by Crippen LogP contribution is -2.35. The van der Waals surface area contributed by atoms with Crippen LogP contribution in [0.2, 0.25) is 0 Å². The molecule has 0 atom stereocenters. The van der Waals surface area contributed by atoms with E-state index in [2.05, 4.69) is 15.6 Å². The van der Waals surface area contributed by atoms with Gasteiger partial charge in [-0.25, -0.2) is 4.68 Å². The molecule has 0 radical (unpaired) electrons. The second kappa shape index (κ2) is 7.20. The van der Waals surface area contributed by atoms with Crippen molar-refractivity contribution in [2.45, 2.75) is 51.0 Å². The van der Waals surface area contributed by atoms with E-state index in [4.69, 9.17) is 0 Å². The van der Waals surface area contributed by atoms with Crippen LogP contribution in [0, 0.1) is 0 Å². The van der Waals surface area contributed by atoms with Crippen molar-refractivity contribution in [3.8, 4) is 5.69 Å². The zero-order valence-corrected chi connectivity index (χ0v) is 12.7. The monoisotopic (exact) mass is 298 g/mol. The lowest BCUT2D eigenvalue weighted by atomic mass is 9.97. The molecule has 1 aromatic carbocycles. The van der Waals surface area contributed by atoms with Crippen molar-refractivity contribution in [2.24, 2.45) is 0 Å². The van der Waals surface area contributed by atoms with Crippen LogP contribution in [0.3, 0.4) is 0 Å². The molecule has 1 aliphatic rings. The van der Waals surface area contributed by atoms with Crippen LogP contribution in [0.25, 0.3) is 5.69 Å². The zero-order valence-electron chi connectivity index (χ0n) is 12.7. The highest BCUT2D eigenvalue weighted by molar-refractivity contribution is 5.92. The molecule has 1 aliphatic carbocycles. The highest BCUT2D eigenvalue weighted by Gasteiger charge is 2.17. The molecule has 0 saturated heterocycles. The number of amides is 1. The van der Waals surface area contributed by atoms with Gasteiger partial charge >= 0.3 is 0 Å². The van der Waals surface area contributed by atoms with Crippen LogP contribution in [-0.2, 0) is 0 Å². The molecule has 5 heteroatoms. The van der Waals surface area contributed by atoms with E-state index >= 15 is 0 Å². The second-order valence-electron chi connectivity index (χ2n) is 5.90. The smallest absolute Gasteiger partial charge is 0.273 e. The molecule has 1 fully saturated rings. The van der Waals surface area contributed by atoms with Gasteiger partial charge in [0.2, 0.25) is 0 Å².